The molecule has 0 spiro atoms. The fraction of sp³-hybridized carbons (Fsp3) is 0.0769. The van der Waals surface area contributed by atoms with E-state index in [9.17, 15) is 4.79 Å². The number of rotatable bonds is 2. The predicted octanol–water partition coefficient (Wildman–Crippen LogP) is 3.93. The van der Waals surface area contributed by atoms with Crippen molar-refractivity contribution >= 4 is 29.0 Å². The zero-order valence-corrected chi connectivity index (χ0v) is 10.6. The predicted molar refractivity (Wildman–Crippen MR) is 68.9 cm³/mol. The molecular formula is C13H9Cl2NO. The molecule has 0 fully saturated rings. The lowest BCUT2D eigenvalue weighted by atomic mass is 10.1. The Hall–Kier alpha value is -1.38. The largest absolute Gasteiger partial charge is 0.287 e. The molecule has 0 radical (unpaired) electrons. The third kappa shape index (κ3) is 2.65. The van der Waals surface area contributed by atoms with Crippen molar-refractivity contribution in [1.82, 2.24) is 4.98 Å². The van der Waals surface area contributed by atoms with E-state index in [0.717, 1.165) is 5.69 Å². The third-order valence-electron chi connectivity index (χ3n) is 2.30. The lowest BCUT2D eigenvalue weighted by Crippen LogP contribution is -2.04. The monoisotopic (exact) mass is 265 g/mol. The lowest BCUT2D eigenvalue weighted by molar-refractivity contribution is 0.103. The van der Waals surface area contributed by atoms with Crippen molar-refractivity contribution in [2.24, 2.45) is 0 Å². The first-order chi connectivity index (χ1) is 8.08. The SMILES string of the molecule is Cc1cccc(C(=O)c2ccc(Cl)c(Cl)c2)n1. The minimum atomic E-state index is -0.160. The Morgan fingerprint density at radius 1 is 1.12 bits per heavy atom. The quantitative estimate of drug-likeness (QED) is 0.771. The Balaban J connectivity index is 2.40. The number of hydrogen-bond acceptors (Lipinski definition) is 2. The van der Waals surface area contributed by atoms with E-state index in [-0.39, 0.29) is 5.78 Å². The van der Waals surface area contributed by atoms with Gasteiger partial charge in [-0.25, -0.2) is 4.98 Å². The van der Waals surface area contributed by atoms with Gasteiger partial charge in [0.15, 0.2) is 0 Å². The molecule has 0 saturated carbocycles. The van der Waals surface area contributed by atoms with Crippen LogP contribution in [0, 0.1) is 6.92 Å². The van der Waals surface area contributed by atoms with Crippen molar-refractivity contribution in [3.8, 4) is 0 Å². The van der Waals surface area contributed by atoms with Gasteiger partial charge >= 0.3 is 0 Å². The van der Waals surface area contributed by atoms with Crippen LogP contribution in [0.1, 0.15) is 21.7 Å². The van der Waals surface area contributed by atoms with E-state index in [1.54, 1.807) is 30.3 Å². The molecule has 2 aromatic rings. The summed E-state index contributed by atoms with van der Waals surface area (Å²) in [5, 5.41) is 0.797. The summed E-state index contributed by atoms with van der Waals surface area (Å²) >= 11 is 11.7. The summed E-state index contributed by atoms with van der Waals surface area (Å²) in [6.07, 6.45) is 0. The van der Waals surface area contributed by atoms with Gasteiger partial charge in [0.05, 0.1) is 10.0 Å². The molecule has 1 aromatic carbocycles. The first-order valence-electron chi connectivity index (χ1n) is 5.01. The van der Waals surface area contributed by atoms with Gasteiger partial charge in [-0.15, -0.1) is 0 Å². The summed E-state index contributed by atoms with van der Waals surface area (Å²) in [5.74, 6) is -0.160. The molecule has 0 unspecified atom stereocenters. The number of benzene rings is 1. The number of pyridine rings is 1. The zero-order valence-electron chi connectivity index (χ0n) is 9.08. The molecule has 17 heavy (non-hydrogen) atoms. The molecule has 2 rings (SSSR count). The van der Waals surface area contributed by atoms with Crippen LogP contribution in [0.5, 0.6) is 0 Å². The molecule has 0 saturated heterocycles. The average Bonchev–Trinajstić information content (AvgIpc) is 2.32. The maximum atomic E-state index is 12.1. The summed E-state index contributed by atoms with van der Waals surface area (Å²) in [6, 6.07) is 10.1. The normalized spacial score (nSPS) is 10.3. The molecule has 0 aliphatic heterocycles. The standard InChI is InChI=1S/C13H9Cl2NO/c1-8-3-2-4-12(16-8)13(17)9-5-6-10(14)11(15)7-9/h2-7H,1H3. The number of carbonyl (C=O) groups excluding carboxylic acids is 1. The fourth-order valence-corrected chi connectivity index (χ4v) is 1.75. The third-order valence-corrected chi connectivity index (χ3v) is 3.04. The van der Waals surface area contributed by atoms with Crippen molar-refractivity contribution in [3.05, 3.63) is 63.4 Å². The molecule has 0 atom stereocenters. The number of hydrogen-bond donors (Lipinski definition) is 0. The first-order valence-corrected chi connectivity index (χ1v) is 5.77. The van der Waals surface area contributed by atoms with Crippen molar-refractivity contribution in [2.75, 3.05) is 0 Å². The van der Waals surface area contributed by atoms with Gasteiger partial charge in [0.25, 0.3) is 0 Å². The smallest absolute Gasteiger partial charge is 0.211 e. The minimum Gasteiger partial charge on any atom is -0.287 e. The van der Waals surface area contributed by atoms with Crippen molar-refractivity contribution < 1.29 is 4.79 Å². The number of halogens is 2. The van der Waals surface area contributed by atoms with Crippen LogP contribution in [-0.4, -0.2) is 10.8 Å². The van der Waals surface area contributed by atoms with E-state index < -0.39 is 0 Å². The van der Waals surface area contributed by atoms with Gasteiger partial charge in [0, 0.05) is 11.3 Å². The highest BCUT2D eigenvalue weighted by Gasteiger charge is 2.11. The van der Waals surface area contributed by atoms with E-state index in [1.165, 1.54) is 0 Å². The minimum absolute atomic E-state index is 0.160. The fourth-order valence-electron chi connectivity index (χ4n) is 1.45. The van der Waals surface area contributed by atoms with Crippen LogP contribution in [0.15, 0.2) is 36.4 Å². The number of aromatic nitrogens is 1. The van der Waals surface area contributed by atoms with Crippen LogP contribution in [0.3, 0.4) is 0 Å². The molecule has 0 bridgehead atoms. The molecule has 0 aliphatic carbocycles. The van der Waals surface area contributed by atoms with Crippen LogP contribution in [0.2, 0.25) is 10.0 Å². The number of nitrogens with zero attached hydrogens (tertiary/aromatic N) is 1. The van der Waals surface area contributed by atoms with E-state index in [0.29, 0.717) is 21.3 Å². The van der Waals surface area contributed by atoms with Crippen LogP contribution in [0.25, 0.3) is 0 Å². The average molecular weight is 266 g/mol. The molecule has 1 aromatic heterocycles. The molecule has 2 nitrogen and oxygen atoms in total. The molecule has 0 aliphatic rings. The number of ketones is 1. The highest BCUT2D eigenvalue weighted by molar-refractivity contribution is 6.42. The Bertz CT molecular complexity index is 581. The summed E-state index contributed by atoms with van der Waals surface area (Å²) in [5.41, 5.74) is 1.69. The van der Waals surface area contributed by atoms with Crippen LogP contribution in [-0.2, 0) is 0 Å². The summed E-state index contributed by atoms with van der Waals surface area (Å²) in [4.78, 5) is 16.3. The van der Waals surface area contributed by atoms with Crippen molar-refractivity contribution in [1.29, 1.82) is 0 Å². The molecule has 0 amide bonds. The first kappa shape index (κ1) is 12.1. The van der Waals surface area contributed by atoms with Gasteiger partial charge < -0.3 is 0 Å². The Morgan fingerprint density at radius 3 is 2.53 bits per heavy atom. The highest BCUT2D eigenvalue weighted by atomic mass is 35.5. The van der Waals surface area contributed by atoms with E-state index in [2.05, 4.69) is 4.98 Å². The van der Waals surface area contributed by atoms with Crippen molar-refractivity contribution in [2.45, 2.75) is 6.92 Å². The highest BCUT2D eigenvalue weighted by Crippen LogP contribution is 2.23. The van der Waals surface area contributed by atoms with E-state index in [4.69, 9.17) is 23.2 Å². The lowest BCUT2D eigenvalue weighted by Gasteiger charge is -2.03. The summed E-state index contributed by atoms with van der Waals surface area (Å²) < 4.78 is 0. The van der Waals surface area contributed by atoms with Crippen LogP contribution in [0.4, 0.5) is 0 Å². The van der Waals surface area contributed by atoms with Gasteiger partial charge in [-0.2, -0.15) is 0 Å². The maximum Gasteiger partial charge on any atom is 0.211 e. The number of carbonyl (C=O) groups is 1. The van der Waals surface area contributed by atoms with E-state index >= 15 is 0 Å². The topological polar surface area (TPSA) is 30.0 Å². The van der Waals surface area contributed by atoms with E-state index in [1.807, 2.05) is 13.0 Å². The van der Waals surface area contributed by atoms with Crippen LogP contribution >= 0.6 is 23.2 Å². The second-order valence-corrected chi connectivity index (χ2v) is 4.44. The maximum absolute atomic E-state index is 12.1. The molecule has 0 N–H and O–H groups in total. The van der Waals surface area contributed by atoms with Crippen molar-refractivity contribution in [3.63, 3.8) is 0 Å². The van der Waals surface area contributed by atoms with Gasteiger partial charge in [-0.1, -0.05) is 29.3 Å². The molecular weight excluding hydrogens is 257 g/mol. The summed E-state index contributed by atoms with van der Waals surface area (Å²) in [7, 11) is 0. The second-order valence-electron chi connectivity index (χ2n) is 3.62. The van der Waals surface area contributed by atoms with Gasteiger partial charge in [-0.3, -0.25) is 4.79 Å². The Morgan fingerprint density at radius 2 is 1.88 bits per heavy atom. The Kier molecular flexibility index (Phi) is 3.46. The van der Waals surface area contributed by atoms with Gasteiger partial charge in [0.1, 0.15) is 5.69 Å². The zero-order chi connectivity index (χ0) is 12.4. The molecule has 1 heterocycles. The number of aryl methyl sites for hydroxylation is 1. The molecule has 4 heteroatoms. The Labute approximate surface area is 109 Å². The molecule has 86 valence electrons. The summed E-state index contributed by atoms with van der Waals surface area (Å²) in [6.45, 7) is 1.84. The second kappa shape index (κ2) is 4.86. The van der Waals surface area contributed by atoms with Crippen LogP contribution < -0.4 is 0 Å². The van der Waals surface area contributed by atoms with Gasteiger partial charge in [0.2, 0.25) is 5.78 Å². The van der Waals surface area contributed by atoms with Gasteiger partial charge in [-0.05, 0) is 37.3 Å².